The van der Waals surface area contributed by atoms with E-state index >= 15 is 0 Å². The zero-order valence-corrected chi connectivity index (χ0v) is 28.9. The molecule has 0 saturated heterocycles. The minimum Gasteiger partial charge on any atom is -0.305 e. The summed E-state index contributed by atoms with van der Waals surface area (Å²) in [5, 5.41) is 0. The van der Waals surface area contributed by atoms with Crippen molar-refractivity contribution < 1.29 is 20.1 Å². The van der Waals surface area contributed by atoms with Gasteiger partial charge in [-0.3, -0.25) is 0 Å². The summed E-state index contributed by atoms with van der Waals surface area (Å²) < 4.78 is 0. The van der Waals surface area contributed by atoms with Gasteiger partial charge in [-0.2, -0.15) is 0 Å². The summed E-state index contributed by atoms with van der Waals surface area (Å²) in [6.45, 7) is 4.50. The van der Waals surface area contributed by atoms with Crippen LogP contribution >= 0.6 is 0 Å². The van der Waals surface area contributed by atoms with Crippen LogP contribution in [-0.2, 0) is 26.5 Å². The molecule has 0 aliphatic rings. The summed E-state index contributed by atoms with van der Waals surface area (Å²) in [7, 11) is 0. The van der Waals surface area contributed by atoms with Gasteiger partial charge in [-0.25, -0.2) is 0 Å². The molecule has 3 aromatic heterocycles. The summed E-state index contributed by atoms with van der Waals surface area (Å²) in [4.78, 5) is 12.8. The molecule has 7 aromatic rings. The Balaban J connectivity index is 0.000000170. The molecule has 0 bridgehead atoms. The topological polar surface area (TPSA) is 38.7 Å². The molecule has 0 unspecified atom stereocenters. The molecule has 7 rings (SSSR count). The van der Waals surface area contributed by atoms with Gasteiger partial charge in [-0.1, -0.05) is 74.5 Å². The van der Waals surface area contributed by atoms with Crippen molar-refractivity contribution in [2.45, 2.75) is 20.3 Å². The molecular formula is C43H36IrN3. The molecular weight excluding hydrogens is 751 g/mol. The third-order valence-corrected chi connectivity index (χ3v) is 6.97. The molecule has 0 amide bonds. The van der Waals surface area contributed by atoms with Gasteiger partial charge in [0.15, 0.2) is 0 Å². The number of rotatable bonds is 6. The van der Waals surface area contributed by atoms with E-state index in [1.807, 2.05) is 115 Å². The van der Waals surface area contributed by atoms with Crippen LogP contribution < -0.4 is 0 Å². The molecule has 0 N–H and O–H groups in total. The van der Waals surface area contributed by atoms with E-state index in [-0.39, 0.29) is 20.1 Å². The first-order chi connectivity index (χ1) is 22.7. The van der Waals surface area contributed by atoms with Gasteiger partial charge in [0.2, 0.25) is 0 Å². The number of benzene rings is 4. The van der Waals surface area contributed by atoms with Crippen LogP contribution in [0.4, 0.5) is 0 Å². The van der Waals surface area contributed by atoms with E-state index in [1.54, 1.807) is 12.4 Å². The van der Waals surface area contributed by atoms with Crippen LogP contribution in [0.5, 0.6) is 0 Å². The maximum absolute atomic E-state index is 4.40. The smallest absolute Gasteiger partial charge is 0.305 e. The maximum Gasteiger partial charge on any atom is 3.00 e. The number of nitrogens with zero attached hydrogens (tertiary/aromatic N) is 3. The Kier molecular flexibility index (Phi) is 14.0. The largest absolute Gasteiger partial charge is 3.00 e. The Bertz CT molecular complexity index is 1700. The molecule has 4 heteroatoms. The summed E-state index contributed by atoms with van der Waals surface area (Å²) in [6, 6.07) is 57.9. The Labute approximate surface area is 292 Å². The predicted molar refractivity (Wildman–Crippen MR) is 190 cm³/mol. The van der Waals surface area contributed by atoms with Crippen LogP contribution in [0.25, 0.3) is 44.9 Å². The third-order valence-electron chi connectivity index (χ3n) is 6.97. The molecule has 3 heterocycles. The fourth-order valence-electron chi connectivity index (χ4n) is 4.77. The van der Waals surface area contributed by atoms with Crippen molar-refractivity contribution in [2.24, 2.45) is 5.92 Å². The standard InChI is InChI=1S/C21H20N.2C11H8N.Ir/c1-16(2)14-17-9-11-18(12-10-17)19-6-5-7-20(15-19)21-8-3-4-13-22-21;2*1-2-6-10(7-3-1)11-8-4-5-9-12-11;/h3-6,8-13,15-16H,14H2,1-2H3;2*1-6,8-9H;/q3*-1;+3. The molecule has 47 heavy (non-hydrogen) atoms. The molecule has 0 spiro atoms. The van der Waals surface area contributed by atoms with E-state index in [0.717, 1.165) is 40.2 Å². The van der Waals surface area contributed by atoms with Gasteiger partial charge in [0.1, 0.15) is 0 Å². The van der Waals surface area contributed by atoms with E-state index in [4.69, 9.17) is 0 Å². The molecule has 0 aliphatic carbocycles. The quantitative estimate of drug-likeness (QED) is 0.158. The van der Waals surface area contributed by atoms with Crippen LogP contribution in [0.15, 0.2) is 164 Å². The van der Waals surface area contributed by atoms with Crippen LogP contribution in [0.2, 0.25) is 0 Å². The molecule has 0 saturated carbocycles. The fourth-order valence-corrected chi connectivity index (χ4v) is 4.77. The van der Waals surface area contributed by atoms with Gasteiger partial charge in [0.25, 0.3) is 0 Å². The SMILES string of the molecule is CC(C)Cc1ccc(-c2cc[c-]c(-c3ccccn3)c2)cc1.[Ir+3].[c-]1ccccc1-c1ccccn1.[c-]1ccccc1-c1ccccn1. The minimum atomic E-state index is 0. The number of hydrogen-bond donors (Lipinski definition) is 0. The zero-order chi connectivity index (χ0) is 31.8. The molecule has 0 fully saturated rings. The van der Waals surface area contributed by atoms with Gasteiger partial charge in [-0.15, -0.1) is 107 Å². The predicted octanol–water partition coefficient (Wildman–Crippen LogP) is 10.5. The first kappa shape index (κ1) is 34.8. The fraction of sp³-hybridized carbons (Fsp3) is 0.0930. The number of aromatic nitrogens is 3. The summed E-state index contributed by atoms with van der Waals surface area (Å²) in [5.41, 5.74) is 9.85. The number of hydrogen-bond acceptors (Lipinski definition) is 3. The van der Waals surface area contributed by atoms with E-state index in [0.29, 0.717) is 5.92 Å². The minimum absolute atomic E-state index is 0. The third kappa shape index (κ3) is 11.1. The normalized spacial score (nSPS) is 10.0. The van der Waals surface area contributed by atoms with Crippen molar-refractivity contribution in [3.05, 3.63) is 188 Å². The van der Waals surface area contributed by atoms with Crippen molar-refractivity contribution in [1.29, 1.82) is 0 Å². The first-order valence-electron chi connectivity index (χ1n) is 15.4. The number of pyridine rings is 3. The molecule has 3 nitrogen and oxygen atoms in total. The van der Waals surface area contributed by atoms with E-state index in [2.05, 4.69) is 83.4 Å². The Hall–Kier alpha value is -5.02. The van der Waals surface area contributed by atoms with Gasteiger partial charge < -0.3 is 15.0 Å². The van der Waals surface area contributed by atoms with Crippen LogP contribution in [0.3, 0.4) is 0 Å². The second-order valence-corrected chi connectivity index (χ2v) is 11.0. The van der Waals surface area contributed by atoms with Crippen molar-refractivity contribution in [2.75, 3.05) is 0 Å². The Morgan fingerprint density at radius 1 is 0.468 bits per heavy atom. The van der Waals surface area contributed by atoms with Gasteiger partial charge >= 0.3 is 20.1 Å². The average molecular weight is 787 g/mol. The monoisotopic (exact) mass is 787 g/mol. The van der Waals surface area contributed by atoms with Crippen LogP contribution in [-0.4, -0.2) is 15.0 Å². The van der Waals surface area contributed by atoms with Gasteiger partial charge in [0.05, 0.1) is 0 Å². The van der Waals surface area contributed by atoms with Crippen LogP contribution in [0.1, 0.15) is 19.4 Å². The molecule has 0 radical (unpaired) electrons. The Morgan fingerprint density at radius 3 is 1.36 bits per heavy atom. The summed E-state index contributed by atoms with van der Waals surface area (Å²) in [6.07, 6.45) is 6.52. The molecule has 0 aliphatic heterocycles. The molecule has 4 aromatic carbocycles. The second-order valence-electron chi connectivity index (χ2n) is 11.0. The summed E-state index contributed by atoms with van der Waals surface area (Å²) >= 11 is 0. The average Bonchev–Trinajstić information content (AvgIpc) is 3.14. The molecule has 232 valence electrons. The first-order valence-corrected chi connectivity index (χ1v) is 15.4. The maximum atomic E-state index is 4.40. The Morgan fingerprint density at radius 2 is 0.936 bits per heavy atom. The van der Waals surface area contributed by atoms with Crippen molar-refractivity contribution in [3.63, 3.8) is 0 Å². The van der Waals surface area contributed by atoms with Crippen molar-refractivity contribution in [3.8, 4) is 44.9 Å². The second kappa shape index (κ2) is 18.8. The van der Waals surface area contributed by atoms with E-state index < -0.39 is 0 Å². The van der Waals surface area contributed by atoms with Crippen molar-refractivity contribution in [1.82, 2.24) is 15.0 Å². The molecule has 0 atom stereocenters. The van der Waals surface area contributed by atoms with Gasteiger partial charge in [-0.05, 0) is 58.7 Å². The summed E-state index contributed by atoms with van der Waals surface area (Å²) in [5.74, 6) is 0.688. The van der Waals surface area contributed by atoms with Crippen LogP contribution in [0, 0.1) is 24.1 Å². The van der Waals surface area contributed by atoms with E-state index in [1.165, 1.54) is 16.7 Å². The van der Waals surface area contributed by atoms with E-state index in [9.17, 15) is 0 Å². The van der Waals surface area contributed by atoms with Gasteiger partial charge in [0, 0.05) is 18.6 Å². The van der Waals surface area contributed by atoms with Crippen molar-refractivity contribution >= 4 is 0 Å². The zero-order valence-electron chi connectivity index (χ0n) is 26.5.